The Morgan fingerprint density at radius 2 is 2.06 bits per heavy atom. The maximum absolute atomic E-state index is 12.8. The van der Waals surface area contributed by atoms with Crippen LogP contribution in [-0.4, -0.2) is 62.7 Å². The molecule has 6 heteroatoms. The molecule has 0 radical (unpaired) electrons. The van der Waals surface area contributed by atoms with Crippen molar-refractivity contribution in [2.24, 2.45) is 11.8 Å². The first kappa shape index (κ1) is 23.8. The summed E-state index contributed by atoms with van der Waals surface area (Å²) in [5.41, 5.74) is 2.65. The molecule has 1 amide bonds. The molecule has 0 N–H and O–H groups in total. The maximum atomic E-state index is 12.8. The third-order valence-corrected chi connectivity index (χ3v) is 7.04. The predicted octanol–water partition coefficient (Wildman–Crippen LogP) is 4.41. The maximum Gasteiger partial charge on any atom is 0.248 e. The monoisotopic (exact) mass is 444 g/mol. The zero-order valence-electron chi connectivity index (χ0n) is 19.5. The largest absolute Gasteiger partial charge is 0.497 e. The number of nitrogens with zero attached hydrogens (tertiary/aromatic N) is 2. The van der Waals surface area contributed by atoms with Gasteiger partial charge >= 0.3 is 0 Å². The number of amides is 1. The SMILES string of the molecule is COCC(=O)N(CC(C)C)CC1CN(Cc2sccc2C)CC1c1cccc(OC)c1. The smallest absolute Gasteiger partial charge is 0.248 e. The van der Waals surface area contributed by atoms with Crippen molar-refractivity contribution in [2.75, 3.05) is 47.0 Å². The van der Waals surface area contributed by atoms with Crippen molar-refractivity contribution in [2.45, 2.75) is 33.2 Å². The van der Waals surface area contributed by atoms with E-state index in [4.69, 9.17) is 9.47 Å². The Labute approximate surface area is 191 Å². The molecule has 2 aromatic rings. The van der Waals surface area contributed by atoms with E-state index in [1.54, 1.807) is 14.2 Å². The lowest BCUT2D eigenvalue weighted by Gasteiger charge is -2.30. The van der Waals surface area contributed by atoms with E-state index in [2.05, 4.69) is 55.3 Å². The van der Waals surface area contributed by atoms with Crippen LogP contribution in [0.3, 0.4) is 0 Å². The number of aryl methyl sites for hydroxylation is 1. The molecule has 0 saturated carbocycles. The van der Waals surface area contributed by atoms with Gasteiger partial charge in [-0.1, -0.05) is 26.0 Å². The van der Waals surface area contributed by atoms with Gasteiger partial charge in [0.1, 0.15) is 12.4 Å². The summed E-state index contributed by atoms with van der Waals surface area (Å²) in [5.74, 6) is 2.11. The zero-order valence-corrected chi connectivity index (χ0v) is 20.3. The predicted molar refractivity (Wildman–Crippen MR) is 127 cm³/mol. The van der Waals surface area contributed by atoms with Crippen LogP contribution in [0.4, 0.5) is 0 Å². The van der Waals surface area contributed by atoms with Gasteiger partial charge in [-0.25, -0.2) is 0 Å². The van der Waals surface area contributed by atoms with Gasteiger partial charge in [0, 0.05) is 50.6 Å². The second-order valence-corrected chi connectivity index (χ2v) is 9.99. The average Bonchev–Trinajstić information content (AvgIpc) is 3.33. The van der Waals surface area contributed by atoms with E-state index in [0.717, 1.165) is 38.5 Å². The van der Waals surface area contributed by atoms with Gasteiger partial charge in [0.25, 0.3) is 0 Å². The molecular weight excluding hydrogens is 408 g/mol. The molecule has 1 saturated heterocycles. The van der Waals surface area contributed by atoms with Crippen molar-refractivity contribution in [1.82, 2.24) is 9.80 Å². The van der Waals surface area contributed by atoms with Crippen molar-refractivity contribution in [1.29, 1.82) is 0 Å². The van der Waals surface area contributed by atoms with Crippen LogP contribution in [0.2, 0.25) is 0 Å². The molecule has 1 aliphatic heterocycles. The number of likely N-dealkylation sites (tertiary alicyclic amines) is 1. The first-order valence-electron chi connectivity index (χ1n) is 11.1. The highest BCUT2D eigenvalue weighted by Gasteiger charge is 2.36. The summed E-state index contributed by atoms with van der Waals surface area (Å²) in [6.45, 7) is 11.1. The average molecular weight is 445 g/mol. The fraction of sp³-hybridized carbons (Fsp3) is 0.560. The summed E-state index contributed by atoms with van der Waals surface area (Å²) in [6.07, 6.45) is 0. The molecule has 31 heavy (non-hydrogen) atoms. The Balaban J connectivity index is 1.83. The van der Waals surface area contributed by atoms with E-state index in [9.17, 15) is 4.79 Å². The number of carbonyl (C=O) groups is 1. The molecule has 5 nitrogen and oxygen atoms in total. The summed E-state index contributed by atoms with van der Waals surface area (Å²) >= 11 is 1.83. The Hall–Kier alpha value is -1.89. The normalized spacial score (nSPS) is 19.2. The fourth-order valence-electron chi connectivity index (χ4n) is 4.51. The minimum atomic E-state index is 0.0770. The standard InChI is InChI=1S/C25H36N2O3S/c1-18(2)12-27(25(28)17-29-4)14-21-13-26(16-24-19(3)9-10-31-24)15-23(21)20-7-6-8-22(11-20)30-5/h6-11,18,21,23H,12-17H2,1-5H3. The third-order valence-electron chi connectivity index (χ3n) is 6.03. The highest BCUT2D eigenvalue weighted by molar-refractivity contribution is 7.10. The second kappa shape index (κ2) is 11.1. The number of benzene rings is 1. The van der Waals surface area contributed by atoms with Crippen LogP contribution in [0.25, 0.3) is 0 Å². The van der Waals surface area contributed by atoms with Crippen LogP contribution >= 0.6 is 11.3 Å². The van der Waals surface area contributed by atoms with E-state index in [1.165, 1.54) is 16.0 Å². The molecule has 0 bridgehead atoms. The number of hydrogen-bond donors (Lipinski definition) is 0. The van der Waals surface area contributed by atoms with E-state index in [1.807, 2.05) is 22.3 Å². The topological polar surface area (TPSA) is 42.0 Å². The summed E-state index contributed by atoms with van der Waals surface area (Å²) in [5, 5.41) is 2.17. The first-order chi connectivity index (χ1) is 14.9. The second-order valence-electron chi connectivity index (χ2n) is 8.99. The van der Waals surface area contributed by atoms with Gasteiger partial charge in [-0.05, 0) is 53.5 Å². The molecule has 1 aliphatic rings. The molecule has 3 rings (SSSR count). The zero-order chi connectivity index (χ0) is 22.4. The molecule has 2 heterocycles. The van der Waals surface area contributed by atoms with Gasteiger partial charge in [0.15, 0.2) is 0 Å². The Kier molecular flexibility index (Phi) is 8.52. The highest BCUT2D eigenvalue weighted by Crippen LogP contribution is 2.36. The van der Waals surface area contributed by atoms with Crippen LogP contribution in [0.15, 0.2) is 35.7 Å². The van der Waals surface area contributed by atoms with Crippen LogP contribution in [0, 0.1) is 18.8 Å². The van der Waals surface area contributed by atoms with Crippen molar-refractivity contribution in [3.63, 3.8) is 0 Å². The van der Waals surface area contributed by atoms with Gasteiger partial charge in [0.05, 0.1) is 7.11 Å². The summed E-state index contributed by atoms with van der Waals surface area (Å²) in [4.78, 5) is 18.7. The summed E-state index contributed by atoms with van der Waals surface area (Å²) in [7, 11) is 3.30. The van der Waals surface area contributed by atoms with E-state index in [-0.39, 0.29) is 12.5 Å². The number of carbonyl (C=O) groups excluding carboxylic acids is 1. The number of rotatable bonds is 10. The number of hydrogen-bond acceptors (Lipinski definition) is 5. The molecule has 2 atom stereocenters. The lowest BCUT2D eigenvalue weighted by Crippen LogP contribution is -2.41. The number of thiophene rings is 1. The van der Waals surface area contributed by atoms with Crippen molar-refractivity contribution >= 4 is 17.2 Å². The molecule has 170 valence electrons. The van der Waals surface area contributed by atoms with Gasteiger partial charge in [-0.2, -0.15) is 0 Å². The van der Waals surface area contributed by atoms with Crippen LogP contribution < -0.4 is 4.74 Å². The van der Waals surface area contributed by atoms with Crippen molar-refractivity contribution in [3.05, 3.63) is 51.7 Å². The molecule has 0 spiro atoms. The number of methoxy groups -OCH3 is 2. The van der Waals surface area contributed by atoms with Gasteiger partial charge in [-0.3, -0.25) is 9.69 Å². The lowest BCUT2D eigenvalue weighted by molar-refractivity contribution is -0.136. The minimum absolute atomic E-state index is 0.0770. The Morgan fingerprint density at radius 3 is 2.71 bits per heavy atom. The van der Waals surface area contributed by atoms with Crippen LogP contribution in [-0.2, 0) is 16.1 Å². The number of ether oxygens (including phenoxy) is 2. The van der Waals surface area contributed by atoms with E-state index >= 15 is 0 Å². The van der Waals surface area contributed by atoms with Crippen molar-refractivity contribution in [3.8, 4) is 5.75 Å². The van der Waals surface area contributed by atoms with E-state index < -0.39 is 0 Å². The molecule has 0 aliphatic carbocycles. The Morgan fingerprint density at radius 1 is 1.26 bits per heavy atom. The van der Waals surface area contributed by atoms with Crippen LogP contribution in [0.5, 0.6) is 5.75 Å². The molecular formula is C25H36N2O3S. The molecule has 1 aromatic carbocycles. The summed E-state index contributed by atoms with van der Waals surface area (Å²) < 4.78 is 10.6. The molecule has 1 aromatic heterocycles. The van der Waals surface area contributed by atoms with Crippen molar-refractivity contribution < 1.29 is 14.3 Å². The van der Waals surface area contributed by atoms with Gasteiger partial charge < -0.3 is 14.4 Å². The quantitative estimate of drug-likeness (QED) is 0.544. The van der Waals surface area contributed by atoms with Gasteiger partial charge in [-0.15, -0.1) is 11.3 Å². The summed E-state index contributed by atoms with van der Waals surface area (Å²) in [6, 6.07) is 10.6. The van der Waals surface area contributed by atoms with Crippen LogP contribution in [0.1, 0.15) is 35.8 Å². The van der Waals surface area contributed by atoms with Gasteiger partial charge in [0.2, 0.25) is 5.91 Å². The Bertz CT molecular complexity index is 851. The third kappa shape index (κ3) is 6.31. The minimum Gasteiger partial charge on any atom is -0.497 e. The first-order valence-corrected chi connectivity index (χ1v) is 11.9. The molecule has 2 unspecified atom stereocenters. The fourth-order valence-corrected chi connectivity index (χ4v) is 5.46. The highest BCUT2D eigenvalue weighted by atomic mass is 32.1. The lowest BCUT2D eigenvalue weighted by atomic mass is 9.88. The van der Waals surface area contributed by atoms with E-state index in [0.29, 0.717) is 17.8 Å². The molecule has 1 fully saturated rings.